The Kier molecular flexibility index (Phi) is 11.0. The van der Waals surface area contributed by atoms with Gasteiger partial charge in [-0.25, -0.2) is 0 Å². The van der Waals surface area contributed by atoms with Crippen LogP contribution < -0.4 is 18.9 Å². The van der Waals surface area contributed by atoms with Crippen molar-refractivity contribution in [3.05, 3.63) is 41.5 Å². The van der Waals surface area contributed by atoms with Gasteiger partial charge in [-0.1, -0.05) is 6.07 Å². The molecule has 1 heterocycles. The van der Waals surface area contributed by atoms with Gasteiger partial charge >= 0.3 is 0 Å². The van der Waals surface area contributed by atoms with Gasteiger partial charge in [0.15, 0.2) is 35.4 Å². The Hall–Kier alpha value is -2.84. The average molecular weight is 555 g/mol. The van der Waals surface area contributed by atoms with Gasteiger partial charge in [0, 0.05) is 0 Å². The number of rotatable bonds is 13. The van der Waals surface area contributed by atoms with Crippen molar-refractivity contribution in [3.8, 4) is 28.7 Å². The van der Waals surface area contributed by atoms with E-state index in [0.29, 0.717) is 29.9 Å². The molecular formula is C27H38O12. The normalized spacial score (nSPS) is 24.6. The monoisotopic (exact) mass is 554 g/mol. The number of aryl methyl sites for hydroxylation is 1. The highest BCUT2D eigenvalue weighted by Crippen LogP contribution is 2.40. The molecule has 0 unspecified atom stereocenters. The Morgan fingerprint density at radius 1 is 0.872 bits per heavy atom. The smallest absolute Gasteiger partial charge is 0.200 e. The van der Waals surface area contributed by atoms with Crippen molar-refractivity contribution in [1.29, 1.82) is 0 Å². The lowest BCUT2D eigenvalue weighted by molar-refractivity contribution is -0.293. The maximum absolute atomic E-state index is 10.9. The summed E-state index contributed by atoms with van der Waals surface area (Å²) in [7, 11) is 4.21. The molecule has 7 atom stereocenters. The Bertz CT molecular complexity index is 1040. The van der Waals surface area contributed by atoms with Crippen molar-refractivity contribution < 1.29 is 59.1 Å². The van der Waals surface area contributed by atoms with E-state index in [0.717, 1.165) is 5.56 Å². The lowest BCUT2D eigenvalue weighted by Gasteiger charge is -2.38. The number of hydrogen-bond donors (Lipinski definition) is 6. The van der Waals surface area contributed by atoms with Gasteiger partial charge < -0.3 is 59.1 Å². The second-order valence-corrected chi connectivity index (χ2v) is 9.20. The number of methoxy groups -OCH3 is 3. The van der Waals surface area contributed by atoms with E-state index >= 15 is 0 Å². The van der Waals surface area contributed by atoms with Crippen molar-refractivity contribution in [2.24, 2.45) is 0 Å². The van der Waals surface area contributed by atoms with Crippen LogP contribution in [0.15, 0.2) is 30.3 Å². The van der Waals surface area contributed by atoms with E-state index in [9.17, 15) is 30.6 Å². The van der Waals surface area contributed by atoms with Crippen LogP contribution in [0.1, 0.15) is 30.6 Å². The Morgan fingerprint density at radius 2 is 1.51 bits per heavy atom. The molecule has 39 heavy (non-hydrogen) atoms. The molecule has 0 aromatic heterocycles. The van der Waals surface area contributed by atoms with E-state index < -0.39 is 49.5 Å². The van der Waals surface area contributed by atoms with E-state index in [1.54, 1.807) is 25.1 Å². The number of aliphatic hydroxyl groups excluding tert-OH is 5. The van der Waals surface area contributed by atoms with Crippen LogP contribution >= 0.6 is 0 Å². The first-order valence-corrected chi connectivity index (χ1v) is 12.5. The van der Waals surface area contributed by atoms with E-state index in [2.05, 4.69) is 0 Å². The fourth-order valence-electron chi connectivity index (χ4n) is 4.26. The summed E-state index contributed by atoms with van der Waals surface area (Å²) in [5.41, 5.74) is 1.20. The minimum absolute atomic E-state index is 0.0962. The molecule has 1 aliphatic rings. The maximum atomic E-state index is 10.9. The summed E-state index contributed by atoms with van der Waals surface area (Å²) in [4.78, 5) is 0. The number of benzene rings is 2. The second kappa shape index (κ2) is 14.0. The van der Waals surface area contributed by atoms with Crippen LogP contribution in [0.4, 0.5) is 0 Å². The molecule has 0 bridgehead atoms. The van der Waals surface area contributed by atoms with Crippen LogP contribution in [-0.2, 0) is 15.9 Å². The third kappa shape index (κ3) is 7.22. The molecule has 2 aromatic rings. The lowest BCUT2D eigenvalue weighted by atomic mass is 10.00. The maximum Gasteiger partial charge on any atom is 0.200 e. The fourth-order valence-corrected chi connectivity index (χ4v) is 4.26. The first-order chi connectivity index (χ1) is 18.6. The molecule has 0 aliphatic carbocycles. The quantitative estimate of drug-likeness (QED) is 0.191. The predicted molar refractivity (Wildman–Crippen MR) is 137 cm³/mol. The molecule has 0 radical (unpaired) electrons. The molecule has 12 heteroatoms. The summed E-state index contributed by atoms with van der Waals surface area (Å²) < 4.78 is 32.6. The Balaban J connectivity index is 1.62. The standard InChI is InChI=1S/C27H38O12/c1-14-22(29)25(32)26(33)27(38-14)37-9-5-6-15-7-8-17(18(10-15)34-2)39-21(13-28)23(30)16-11-19(35-3)24(31)20(12-16)36-4/h7-8,10-12,14,21-23,25-33H,5-6,9,13H2,1-4H3/t14-,21+,22-,23-,25+,26+,27+/m0/s1. The molecular weight excluding hydrogens is 516 g/mol. The first kappa shape index (κ1) is 30.7. The topological polar surface area (TPSA) is 177 Å². The van der Waals surface area contributed by atoms with Gasteiger partial charge in [0.25, 0.3) is 0 Å². The summed E-state index contributed by atoms with van der Waals surface area (Å²) in [6.07, 6.45) is -6.84. The van der Waals surface area contributed by atoms with Gasteiger partial charge in [0.2, 0.25) is 5.75 Å². The third-order valence-electron chi connectivity index (χ3n) is 6.58. The molecule has 1 aliphatic heterocycles. The fraction of sp³-hybridized carbons (Fsp3) is 0.556. The van der Waals surface area contributed by atoms with E-state index in [4.69, 9.17) is 28.4 Å². The molecule has 0 spiro atoms. The van der Waals surface area contributed by atoms with E-state index in [1.807, 2.05) is 0 Å². The largest absolute Gasteiger partial charge is 0.502 e. The van der Waals surface area contributed by atoms with Crippen LogP contribution in [0.25, 0.3) is 0 Å². The Morgan fingerprint density at radius 3 is 2.10 bits per heavy atom. The van der Waals surface area contributed by atoms with Crippen LogP contribution in [0, 0.1) is 0 Å². The van der Waals surface area contributed by atoms with Gasteiger partial charge in [-0.2, -0.15) is 0 Å². The summed E-state index contributed by atoms with van der Waals surface area (Å²) in [6.45, 7) is 1.30. The van der Waals surface area contributed by atoms with Gasteiger partial charge in [-0.3, -0.25) is 0 Å². The zero-order chi connectivity index (χ0) is 28.7. The SMILES string of the molecule is COc1cc(CCCO[C@@H]2O[C@@H](C)[C@H](O)[C@@H](O)[C@H]2O)ccc1O[C@H](CO)[C@@H](O)c1cc(OC)c(O)c(OC)c1. The zero-order valence-corrected chi connectivity index (χ0v) is 22.4. The average Bonchev–Trinajstić information content (AvgIpc) is 2.95. The number of aliphatic hydroxyl groups is 5. The van der Waals surface area contributed by atoms with E-state index in [1.165, 1.54) is 33.5 Å². The first-order valence-electron chi connectivity index (χ1n) is 12.5. The number of ether oxygens (including phenoxy) is 6. The lowest BCUT2D eigenvalue weighted by Crippen LogP contribution is -2.57. The van der Waals surface area contributed by atoms with Crippen molar-refractivity contribution in [1.82, 2.24) is 0 Å². The molecule has 218 valence electrons. The van der Waals surface area contributed by atoms with Crippen LogP contribution in [0.3, 0.4) is 0 Å². The molecule has 1 saturated heterocycles. The minimum atomic E-state index is -1.36. The minimum Gasteiger partial charge on any atom is -0.502 e. The zero-order valence-electron chi connectivity index (χ0n) is 22.4. The van der Waals surface area contributed by atoms with Crippen molar-refractivity contribution >= 4 is 0 Å². The summed E-state index contributed by atoms with van der Waals surface area (Å²) in [5.74, 6) is 0.664. The van der Waals surface area contributed by atoms with Gasteiger partial charge in [-0.15, -0.1) is 0 Å². The van der Waals surface area contributed by atoms with Crippen LogP contribution in [0.2, 0.25) is 0 Å². The summed E-state index contributed by atoms with van der Waals surface area (Å²) in [5, 5.41) is 60.7. The van der Waals surface area contributed by atoms with Crippen molar-refractivity contribution in [2.75, 3.05) is 34.5 Å². The predicted octanol–water partition coefficient (Wildman–Crippen LogP) is 0.668. The number of phenols is 1. The number of aromatic hydroxyl groups is 1. The second-order valence-electron chi connectivity index (χ2n) is 9.20. The highest BCUT2D eigenvalue weighted by atomic mass is 16.7. The van der Waals surface area contributed by atoms with Crippen molar-refractivity contribution in [2.45, 2.75) is 62.7 Å². The molecule has 12 nitrogen and oxygen atoms in total. The number of hydrogen-bond acceptors (Lipinski definition) is 12. The highest BCUT2D eigenvalue weighted by molar-refractivity contribution is 5.53. The van der Waals surface area contributed by atoms with Gasteiger partial charge in [-0.05, 0) is 55.2 Å². The highest BCUT2D eigenvalue weighted by Gasteiger charge is 2.42. The Labute approximate surface area is 226 Å². The molecule has 2 aromatic carbocycles. The van der Waals surface area contributed by atoms with Gasteiger partial charge in [0.1, 0.15) is 24.4 Å². The number of phenolic OH excluding ortho intramolecular Hbond substituents is 1. The molecule has 6 N–H and O–H groups in total. The third-order valence-corrected chi connectivity index (χ3v) is 6.58. The van der Waals surface area contributed by atoms with Crippen LogP contribution in [-0.4, -0.2) is 102 Å². The van der Waals surface area contributed by atoms with E-state index in [-0.39, 0.29) is 23.9 Å². The molecule has 3 rings (SSSR count). The molecule has 0 amide bonds. The van der Waals surface area contributed by atoms with Crippen LogP contribution in [0.5, 0.6) is 28.7 Å². The molecule has 0 saturated carbocycles. The molecule has 1 fully saturated rings. The summed E-state index contributed by atoms with van der Waals surface area (Å²) >= 11 is 0. The van der Waals surface area contributed by atoms with Gasteiger partial charge in [0.05, 0.1) is 40.6 Å². The summed E-state index contributed by atoms with van der Waals surface area (Å²) in [6, 6.07) is 8.09. The van der Waals surface area contributed by atoms with Crippen molar-refractivity contribution in [3.63, 3.8) is 0 Å².